The molecule has 28 heavy (non-hydrogen) atoms. The number of hydrogen-bond donors (Lipinski definition) is 1. The molecule has 0 aromatic heterocycles. The van der Waals surface area contributed by atoms with Crippen LogP contribution in [0, 0.1) is 0 Å². The monoisotopic (exact) mass is 392 g/mol. The van der Waals surface area contributed by atoms with Gasteiger partial charge in [-0.15, -0.1) is 0 Å². The average Bonchev–Trinajstić information content (AvgIpc) is 3.39. The van der Waals surface area contributed by atoms with Gasteiger partial charge >= 0.3 is 6.18 Å². The lowest BCUT2D eigenvalue weighted by Gasteiger charge is -2.22. The van der Waals surface area contributed by atoms with Gasteiger partial charge in [-0.05, 0) is 42.7 Å². The molecule has 1 heterocycles. The fourth-order valence-corrected chi connectivity index (χ4v) is 3.15. The normalized spacial score (nSPS) is 15.7. The first-order chi connectivity index (χ1) is 13.4. The van der Waals surface area contributed by atoms with E-state index in [0.717, 1.165) is 30.5 Å². The number of benzene rings is 2. The van der Waals surface area contributed by atoms with Crippen LogP contribution in [0.25, 0.3) is 0 Å². The van der Waals surface area contributed by atoms with Gasteiger partial charge in [-0.3, -0.25) is 9.69 Å². The summed E-state index contributed by atoms with van der Waals surface area (Å²) in [6.07, 6.45) is -2.38. The summed E-state index contributed by atoms with van der Waals surface area (Å²) in [6, 6.07) is 10.5. The van der Waals surface area contributed by atoms with E-state index in [9.17, 15) is 18.0 Å². The molecule has 1 N–H and O–H groups in total. The number of carbonyl (C=O) groups is 1. The van der Waals surface area contributed by atoms with Crippen molar-refractivity contribution >= 4 is 11.6 Å². The van der Waals surface area contributed by atoms with Gasteiger partial charge in [0.15, 0.2) is 11.5 Å². The molecule has 1 aliphatic carbocycles. The summed E-state index contributed by atoms with van der Waals surface area (Å²) in [4.78, 5) is 14.4. The van der Waals surface area contributed by atoms with E-state index in [1.807, 2.05) is 4.90 Å². The summed E-state index contributed by atoms with van der Waals surface area (Å²) in [6.45, 7) is 0.757. The number of carbonyl (C=O) groups excluding carboxylic acids is 1. The zero-order chi connectivity index (χ0) is 19.7. The minimum atomic E-state index is -4.35. The number of nitrogens with one attached hydrogen (secondary N) is 1. The summed E-state index contributed by atoms with van der Waals surface area (Å²) < 4.78 is 48.6. The highest BCUT2D eigenvalue weighted by Gasteiger charge is 2.32. The van der Waals surface area contributed by atoms with Crippen LogP contribution in [0.15, 0.2) is 42.5 Å². The van der Waals surface area contributed by atoms with E-state index in [0.29, 0.717) is 23.7 Å². The number of anilines is 1. The largest absolute Gasteiger partial charge is 0.454 e. The SMILES string of the molecule is O=C(CN(Cc1ccc(C(F)(F)F)cc1)C1CC1)Nc1ccc2c(c1)OCO2. The Bertz CT molecular complexity index is 864. The van der Waals surface area contributed by atoms with Crippen molar-refractivity contribution in [3.05, 3.63) is 53.6 Å². The molecule has 2 aromatic carbocycles. The number of rotatable bonds is 6. The number of nitrogens with zero attached hydrogens (tertiary/aromatic N) is 1. The first kappa shape index (κ1) is 18.6. The van der Waals surface area contributed by atoms with Crippen molar-refractivity contribution in [3.63, 3.8) is 0 Å². The molecule has 1 aliphatic heterocycles. The number of alkyl halides is 3. The lowest BCUT2D eigenvalue weighted by Crippen LogP contribution is -2.34. The van der Waals surface area contributed by atoms with E-state index in [1.165, 1.54) is 12.1 Å². The number of halogens is 3. The molecule has 1 saturated carbocycles. The van der Waals surface area contributed by atoms with Crippen LogP contribution in [0.5, 0.6) is 11.5 Å². The van der Waals surface area contributed by atoms with Gasteiger partial charge in [-0.25, -0.2) is 0 Å². The molecular weight excluding hydrogens is 373 g/mol. The maximum Gasteiger partial charge on any atom is 0.416 e. The highest BCUT2D eigenvalue weighted by atomic mass is 19.4. The molecule has 8 heteroatoms. The van der Waals surface area contributed by atoms with E-state index in [-0.39, 0.29) is 25.3 Å². The van der Waals surface area contributed by atoms with Crippen molar-refractivity contribution in [1.82, 2.24) is 4.90 Å². The first-order valence-corrected chi connectivity index (χ1v) is 8.98. The van der Waals surface area contributed by atoms with E-state index in [4.69, 9.17) is 9.47 Å². The van der Waals surface area contributed by atoms with Crippen LogP contribution >= 0.6 is 0 Å². The molecule has 0 saturated heterocycles. The van der Waals surface area contributed by atoms with Crippen molar-refractivity contribution in [1.29, 1.82) is 0 Å². The molecule has 148 valence electrons. The number of amides is 1. The Kier molecular flexibility index (Phi) is 4.89. The maximum absolute atomic E-state index is 12.7. The zero-order valence-electron chi connectivity index (χ0n) is 15.0. The second-order valence-electron chi connectivity index (χ2n) is 6.95. The molecule has 0 unspecified atom stereocenters. The zero-order valence-corrected chi connectivity index (χ0v) is 15.0. The van der Waals surface area contributed by atoms with Gasteiger partial charge in [-0.2, -0.15) is 13.2 Å². The van der Waals surface area contributed by atoms with Crippen molar-refractivity contribution in [2.24, 2.45) is 0 Å². The molecule has 5 nitrogen and oxygen atoms in total. The number of hydrogen-bond acceptors (Lipinski definition) is 4. The van der Waals surface area contributed by atoms with E-state index >= 15 is 0 Å². The molecule has 0 radical (unpaired) electrons. The molecule has 2 aromatic rings. The van der Waals surface area contributed by atoms with Crippen LogP contribution in [-0.2, 0) is 17.5 Å². The minimum absolute atomic E-state index is 0.162. The highest BCUT2D eigenvalue weighted by molar-refractivity contribution is 5.92. The predicted octanol–water partition coefficient (Wildman–Crippen LogP) is 4.04. The predicted molar refractivity (Wildman–Crippen MR) is 96.1 cm³/mol. The van der Waals surface area contributed by atoms with Gasteiger partial charge < -0.3 is 14.8 Å². The number of fused-ring (bicyclic) bond motifs is 1. The fourth-order valence-electron chi connectivity index (χ4n) is 3.15. The summed E-state index contributed by atoms with van der Waals surface area (Å²) in [5.74, 6) is 1.04. The summed E-state index contributed by atoms with van der Waals surface area (Å²) in [5.41, 5.74) is 0.685. The van der Waals surface area contributed by atoms with Gasteiger partial charge in [0.05, 0.1) is 12.1 Å². The lowest BCUT2D eigenvalue weighted by molar-refractivity contribution is -0.137. The van der Waals surface area contributed by atoms with Crippen LogP contribution in [0.2, 0.25) is 0 Å². The third kappa shape index (κ3) is 4.39. The Hall–Kier alpha value is -2.74. The van der Waals surface area contributed by atoms with Crippen LogP contribution in [-0.4, -0.2) is 30.2 Å². The van der Waals surface area contributed by atoms with Crippen LogP contribution in [0.1, 0.15) is 24.0 Å². The maximum atomic E-state index is 12.7. The summed E-state index contributed by atoms with van der Waals surface area (Å²) in [7, 11) is 0. The molecule has 0 atom stereocenters. The van der Waals surface area contributed by atoms with Crippen LogP contribution < -0.4 is 14.8 Å². The van der Waals surface area contributed by atoms with Gasteiger partial charge in [0.2, 0.25) is 12.7 Å². The van der Waals surface area contributed by atoms with Gasteiger partial charge in [0.25, 0.3) is 0 Å². The lowest BCUT2D eigenvalue weighted by atomic mass is 10.1. The summed E-state index contributed by atoms with van der Waals surface area (Å²) in [5, 5.41) is 2.83. The first-order valence-electron chi connectivity index (χ1n) is 8.98. The van der Waals surface area contributed by atoms with Crippen molar-refractivity contribution in [3.8, 4) is 11.5 Å². The Morgan fingerprint density at radius 1 is 1.07 bits per heavy atom. The quantitative estimate of drug-likeness (QED) is 0.806. The third-order valence-corrected chi connectivity index (χ3v) is 4.73. The topological polar surface area (TPSA) is 50.8 Å². The van der Waals surface area contributed by atoms with Crippen LogP contribution in [0.4, 0.5) is 18.9 Å². The van der Waals surface area contributed by atoms with E-state index in [1.54, 1.807) is 18.2 Å². The Labute approximate surface area is 160 Å². The molecular formula is C20H19F3N2O3. The second-order valence-corrected chi connectivity index (χ2v) is 6.95. The molecule has 1 amide bonds. The van der Waals surface area contributed by atoms with E-state index in [2.05, 4.69) is 5.32 Å². The van der Waals surface area contributed by atoms with Crippen molar-refractivity contribution < 1.29 is 27.4 Å². The van der Waals surface area contributed by atoms with Gasteiger partial charge in [0.1, 0.15) is 0 Å². The standard InChI is InChI=1S/C20H19F3N2O3/c21-20(22,23)14-3-1-13(2-4-14)10-25(16-6-7-16)11-19(26)24-15-5-8-17-18(9-15)28-12-27-17/h1-5,8-9,16H,6-7,10-12H2,(H,24,26). The highest BCUT2D eigenvalue weighted by Crippen LogP contribution is 2.34. The van der Waals surface area contributed by atoms with Gasteiger partial charge in [0, 0.05) is 24.3 Å². The fraction of sp³-hybridized carbons (Fsp3) is 0.350. The third-order valence-electron chi connectivity index (χ3n) is 4.73. The smallest absolute Gasteiger partial charge is 0.416 e. The Balaban J connectivity index is 1.38. The minimum Gasteiger partial charge on any atom is -0.454 e. The average molecular weight is 392 g/mol. The Morgan fingerprint density at radius 3 is 2.46 bits per heavy atom. The van der Waals surface area contributed by atoms with Crippen molar-refractivity contribution in [2.45, 2.75) is 31.6 Å². The molecule has 4 rings (SSSR count). The van der Waals surface area contributed by atoms with Crippen molar-refractivity contribution in [2.75, 3.05) is 18.7 Å². The molecule has 0 spiro atoms. The van der Waals surface area contributed by atoms with Crippen LogP contribution in [0.3, 0.4) is 0 Å². The van der Waals surface area contributed by atoms with E-state index < -0.39 is 11.7 Å². The molecule has 1 fully saturated rings. The number of ether oxygens (including phenoxy) is 2. The molecule has 2 aliphatic rings. The molecule has 0 bridgehead atoms. The van der Waals surface area contributed by atoms with Gasteiger partial charge in [-0.1, -0.05) is 12.1 Å². The Morgan fingerprint density at radius 2 is 1.79 bits per heavy atom. The second kappa shape index (κ2) is 7.35. The summed E-state index contributed by atoms with van der Waals surface area (Å²) >= 11 is 0.